The number of fused-ring (bicyclic) bond motifs is 1. The maximum absolute atomic E-state index is 11.7. The fourth-order valence-corrected chi connectivity index (χ4v) is 1.90. The summed E-state index contributed by atoms with van der Waals surface area (Å²) in [5, 5.41) is 2.87. The predicted octanol–water partition coefficient (Wildman–Crippen LogP) is 2.70. The van der Waals surface area contributed by atoms with Gasteiger partial charge in [-0.15, -0.1) is 0 Å². The number of rotatable bonds is 2. The first-order valence-corrected chi connectivity index (χ1v) is 5.54. The molecule has 0 aromatic heterocycles. The van der Waals surface area contributed by atoms with Crippen LogP contribution in [0.3, 0.4) is 0 Å². The van der Waals surface area contributed by atoms with Crippen LogP contribution < -0.4 is 10.1 Å². The van der Waals surface area contributed by atoms with Crippen molar-refractivity contribution in [2.24, 2.45) is 0 Å². The van der Waals surface area contributed by atoms with Gasteiger partial charge in [0.2, 0.25) is 5.91 Å². The van der Waals surface area contributed by atoms with Crippen molar-refractivity contribution in [3.8, 4) is 5.75 Å². The Labute approximate surface area is 95.8 Å². The van der Waals surface area contributed by atoms with Gasteiger partial charge in [0.15, 0.2) is 0 Å². The topological polar surface area (TPSA) is 38.3 Å². The number of amides is 1. The smallest absolute Gasteiger partial charge is 0.234 e. The van der Waals surface area contributed by atoms with E-state index in [1.54, 1.807) is 0 Å². The summed E-state index contributed by atoms with van der Waals surface area (Å²) in [5.74, 6) is 0.863. The van der Waals surface area contributed by atoms with Gasteiger partial charge >= 0.3 is 0 Å². The van der Waals surface area contributed by atoms with E-state index in [1.807, 2.05) is 45.9 Å². The lowest BCUT2D eigenvalue weighted by molar-refractivity contribution is -0.119. The van der Waals surface area contributed by atoms with Crippen LogP contribution in [0.4, 0.5) is 5.69 Å². The highest BCUT2D eigenvalue weighted by Crippen LogP contribution is 2.39. The van der Waals surface area contributed by atoms with Gasteiger partial charge in [-0.05, 0) is 51.5 Å². The molecule has 0 spiro atoms. The highest BCUT2D eigenvalue weighted by molar-refractivity contribution is 6.05. The maximum atomic E-state index is 11.7. The second kappa shape index (κ2) is 3.51. The normalized spacial score (nSPS) is 17.2. The Morgan fingerprint density at radius 3 is 2.62 bits per heavy atom. The Bertz CT molecular complexity index is 436. The first kappa shape index (κ1) is 11.0. The summed E-state index contributed by atoms with van der Waals surface area (Å²) in [6, 6.07) is 5.74. The monoisotopic (exact) mass is 219 g/mol. The molecule has 0 bridgehead atoms. The summed E-state index contributed by atoms with van der Waals surface area (Å²) < 4.78 is 5.63. The molecule has 16 heavy (non-hydrogen) atoms. The number of nitrogens with one attached hydrogen (secondary N) is 1. The van der Waals surface area contributed by atoms with E-state index in [4.69, 9.17) is 4.74 Å². The van der Waals surface area contributed by atoms with Gasteiger partial charge in [-0.2, -0.15) is 0 Å². The largest absolute Gasteiger partial charge is 0.491 e. The summed E-state index contributed by atoms with van der Waals surface area (Å²) in [4.78, 5) is 11.7. The quantitative estimate of drug-likeness (QED) is 0.830. The van der Waals surface area contributed by atoms with Gasteiger partial charge in [0.25, 0.3) is 0 Å². The Morgan fingerprint density at radius 1 is 1.31 bits per heavy atom. The van der Waals surface area contributed by atoms with Gasteiger partial charge in [0.05, 0.1) is 11.5 Å². The molecule has 1 aromatic rings. The standard InChI is InChI=1S/C13H17NO2/c1-8(2)16-9-5-6-11-10(7-9)13(3,4)12(15)14-11/h5-8H,1-4H3,(H,14,15). The molecule has 1 aromatic carbocycles. The molecule has 0 fully saturated rings. The van der Waals surface area contributed by atoms with E-state index in [-0.39, 0.29) is 12.0 Å². The number of anilines is 1. The first-order valence-electron chi connectivity index (χ1n) is 5.54. The lowest BCUT2D eigenvalue weighted by Crippen LogP contribution is -2.26. The van der Waals surface area contributed by atoms with Crippen LogP contribution in [-0.4, -0.2) is 12.0 Å². The molecule has 1 amide bonds. The summed E-state index contributed by atoms with van der Waals surface area (Å²) in [7, 11) is 0. The third-order valence-corrected chi connectivity index (χ3v) is 2.85. The molecule has 1 N–H and O–H groups in total. The molecule has 1 aliphatic heterocycles. The SMILES string of the molecule is CC(C)Oc1ccc2c(c1)C(C)(C)C(=O)N2. The van der Waals surface area contributed by atoms with Crippen LogP contribution >= 0.6 is 0 Å². The van der Waals surface area contributed by atoms with Crippen molar-refractivity contribution in [2.45, 2.75) is 39.2 Å². The minimum atomic E-state index is -0.467. The van der Waals surface area contributed by atoms with E-state index in [2.05, 4.69) is 5.32 Å². The van der Waals surface area contributed by atoms with E-state index in [0.717, 1.165) is 17.0 Å². The first-order chi connectivity index (χ1) is 7.41. The molecule has 3 heteroatoms. The Kier molecular flexibility index (Phi) is 2.41. The Hall–Kier alpha value is -1.51. The van der Waals surface area contributed by atoms with Gasteiger partial charge < -0.3 is 10.1 Å². The van der Waals surface area contributed by atoms with Crippen molar-refractivity contribution < 1.29 is 9.53 Å². The van der Waals surface area contributed by atoms with Crippen LogP contribution in [0, 0.1) is 0 Å². The molecule has 3 nitrogen and oxygen atoms in total. The molecule has 0 radical (unpaired) electrons. The maximum Gasteiger partial charge on any atom is 0.234 e. The highest BCUT2D eigenvalue weighted by atomic mass is 16.5. The average molecular weight is 219 g/mol. The van der Waals surface area contributed by atoms with Crippen LogP contribution in [0.25, 0.3) is 0 Å². The molecule has 1 aliphatic rings. The van der Waals surface area contributed by atoms with Crippen molar-refractivity contribution in [2.75, 3.05) is 5.32 Å². The number of ether oxygens (including phenoxy) is 1. The Morgan fingerprint density at radius 2 is 2.00 bits per heavy atom. The molecule has 1 heterocycles. The fraction of sp³-hybridized carbons (Fsp3) is 0.462. The van der Waals surface area contributed by atoms with E-state index in [1.165, 1.54) is 0 Å². The summed E-state index contributed by atoms with van der Waals surface area (Å²) in [6.07, 6.45) is 0.145. The fourth-order valence-electron chi connectivity index (χ4n) is 1.90. The van der Waals surface area contributed by atoms with Crippen LogP contribution in [0.5, 0.6) is 5.75 Å². The second-order valence-electron chi connectivity index (χ2n) is 4.95. The van der Waals surface area contributed by atoms with Gasteiger partial charge in [-0.1, -0.05) is 0 Å². The van der Waals surface area contributed by atoms with Crippen molar-refractivity contribution in [3.05, 3.63) is 23.8 Å². The summed E-state index contributed by atoms with van der Waals surface area (Å²) in [5.41, 5.74) is 1.44. The van der Waals surface area contributed by atoms with E-state index >= 15 is 0 Å². The number of hydrogen-bond acceptors (Lipinski definition) is 2. The number of carbonyl (C=O) groups excluding carboxylic acids is 1. The Balaban J connectivity index is 2.40. The molecule has 0 aliphatic carbocycles. The van der Waals surface area contributed by atoms with E-state index in [9.17, 15) is 4.79 Å². The second-order valence-corrected chi connectivity index (χ2v) is 4.95. The van der Waals surface area contributed by atoms with E-state index in [0.29, 0.717) is 0 Å². The van der Waals surface area contributed by atoms with Crippen LogP contribution in [0.2, 0.25) is 0 Å². The zero-order valence-corrected chi connectivity index (χ0v) is 10.1. The minimum absolute atomic E-state index is 0.0456. The van der Waals surface area contributed by atoms with Crippen molar-refractivity contribution >= 4 is 11.6 Å². The molecule has 0 atom stereocenters. The van der Waals surface area contributed by atoms with Crippen LogP contribution in [0.15, 0.2) is 18.2 Å². The highest BCUT2D eigenvalue weighted by Gasteiger charge is 2.38. The van der Waals surface area contributed by atoms with Gasteiger partial charge in [-0.25, -0.2) is 0 Å². The lowest BCUT2D eigenvalue weighted by Gasteiger charge is -2.16. The summed E-state index contributed by atoms with van der Waals surface area (Å²) in [6.45, 7) is 7.82. The van der Waals surface area contributed by atoms with E-state index < -0.39 is 5.41 Å². The predicted molar refractivity (Wildman–Crippen MR) is 63.9 cm³/mol. The number of hydrogen-bond donors (Lipinski definition) is 1. The molecular formula is C13H17NO2. The molecule has 0 unspecified atom stereocenters. The zero-order valence-electron chi connectivity index (χ0n) is 10.1. The molecule has 0 saturated carbocycles. The van der Waals surface area contributed by atoms with Crippen molar-refractivity contribution in [3.63, 3.8) is 0 Å². The van der Waals surface area contributed by atoms with Crippen LogP contribution in [0.1, 0.15) is 33.3 Å². The van der Waals surface area contributed by atoms with Crippen molar-refractivity contribution in [1.82, 2.24) is 0 Å². The van der Waals surface area contributed by atoms with Gasteiger partial charge in [-0.3, -0.25) is 4.79 Å². The molecular weight excluding hydrogens is 202 g/mol. The van der Waals surface area contributed by atoms with Gasteiger partial charge in [0, 0.05) is 5.69 Å². The van der Waals surface area contributed by atoms with Crippen molar-refractivity contribution in [1.29, 1.82) is 0 Å². The molecule has 2 rings (SSSR count). The number of carbonyl (C=O) groups is 1. The zero-order chi connectivity index (χ0) is 11.9. The molecule has 86 valence electrons. The lowest BCUT2D eigenvalue weighted by atomic mass is 9.86. The minimum Gasteiger partial charge on any atom is -0.491 e. The van der Waals surface area contributed by atoms with Gasteiger partial charge in [0.1, 0.15) is 5.75 Å². The average Bonchev–Trinajstić information content (AvgIpc) is 2.39. The number of benzene rings is 1. The molecule has 0 saturated heterocycles. The third kappa shape index (κ3) is 1.66. The third-order valence-electron chi connectivity index (χ3n) is 2.85. The summed E-state index contributed by atoms with van der Waals surface area (Å²) >= 11 is 0. The van der Waals surface area contributed by atoms with Crippen LogP contribution in [-0.2, 0) is 10.2 Å².